The van der Waals surface area contributed by atoms with Crippen molar-refractivity contribution in [3.63, 3.8) is 0 Å². The van der Waals surface area contributed by atoms with Crippen LogP contribution in [-0.4, -0.2) is 23.3 Å². The van der Waals surface area contributed by atoms with Gasteiger partial charge in [-0.3, -0.25) is 4.55 Å². The molecule has 1 heterocycles. The summed E-state index contributed by atoms with van der Waals surface area (Å²) in [4.78, 5) is 0. The lowest BCUT2D eigenvalue weighted by Gasteiger charge is -2.16. The summed E-state index contributed by atoms with van der Waals surface area (Å²) in [6.07, 6.45) is 7.28. The second-order valence-electron chi connectivity index (χ2n) is 7.15. The van der Waals surface area contributed by atoms with Gasteiger partial charge in [-0.2, -0.15) is 8.42 Å². The fourth-order valence-electron chi connectivity index (χ4n) is 3.05. The molecule has 2 aromatic rings. The Morgan fingerprint density at radius 1 is 1.08 bits per heavy atom. The summed E-state index contributed by atoms with van der Waals surface area (Å²) in [7, 11) is -3.86. The van der Waals surface area contributed by atoms with Gasteiger partial charge in [0.1, 0.15) is 18.1 Å². The zero-order valence-corrected chi connectivity index (χ0v) is 16.3. The summed E-state index contributed by atoms with van der Waals surface area (Å²) >= 11 is 0. The molecule has 1 N–H and O–H groups in total. The van der Waals surface area contributed by atoms with Gasteiger partial charge < -0.3 is 0 Å². The van der Waals surface area contributed by atoms with E-state index >= 15 is 0 Å². The van der Waals surface area contributed by atoms with Gasteiger partial charge in [0.15, 0.2) is 0 Å². The van der Waals surface area contributed by atoms with E-state index < -0.39 is 10.1 Å². The highest BCUT2D eigenvalue weighted by Crippen LogP contribution is 2.30. The molecule has 25 heavy (non-hydrogen) atoms. The molecule has 138 valence electrons. The smallest absolute Gasteiger partial charge is 0.264 e. The van der Waals surface area contributed by atoms with Crippen molar-refractivity contribution in [3.05, 3.63) is 48.0 Å². The first-order valence-corrected chi connectivity index (χ1v) is 10.5. The summed E-state index contributed by atoms with van der Waals surface area (Å²) in [5.41, 5.74) is 3.88. The van der Waals surface area contributed by atoms with Crippen LogP contribution in [0.25, 0.3) is 5.69 Å². The van der Waals surface area contributed by atoms with Gasteiger partial charge in [-0.05, 0) is 24.7 Å². The van der Waals surface area contributed by atoms with E-state index in [1.54, 1.807) is 0 Å². The van der Waals surface area contributed by atoms with Crippen LogP contribution in [-0.2, 0) is 16.7 Å². The molecule has 0 saturated heterocycles. The Bertz CT molecular complexity index is 782. The summed E-state index contributed by atoms with van der Waals surface area (Å²) < 4.78 is 34.6. The molecule has 0 saturated carbocycles. The zero-order valence-electron chi connectivity index (χ0n) is 15.5. The van der Waals surface area contributed by atoms with E-state index in [0.29, 0.717) is 24.7 Å². The lowest BCUT2D eigenvalue weighted by Crippen LogP contribution is -2.31. The van der Waals surface area contributed by atoms with Crippen LogP contribution in [0.2, 0.25) is 0 Å². The molecule has 5 nitrogen and oxygen atoms in total. The van der Waals surface area contributed by atoms with Gasteiger partial charge in [0.05, 0.1) is 12.3 Å². The lowest BCUT2D eigenvalue weighted by atomic mass is 9.92. The topological polar surface area (TPSA) is 63.2 Å². The van der Waals surface area contributed by atoms with Crippen molar-refractivity contribution >= 4 is 10.1 Å². The minimum atomic E-state index is -3.86. The predicted molar refractivity (Wildman–Crippen MR) is 99.8 cm³/mol. The quantitative estimate of drug-likeness (QED) is 0.441. The average Bonchev–Trinajstić information content (AvgIpc) is 2.98. The van der Waals surface area contributed by atoms with Crippen LogP contribution in [0.3, 0.4) is 0 Å². The van der Waals surface area contributed by atoms with Gasteiger partial charge in [0.2, 0.25) is 6.33 Å². The Hall–Kier alpha value is -1.66. The molecule has 0 aliphatic heterocycles. The van der Waals surface area contributed by atoms with Crippen molar-refractivity contribution in [2.75, 3.05) is 5.75 Å². The van der Waals surface area contributed by atoms with E-state index in [4.69, 9.17) is 4.55 Å². The van der Waals surface area contributed by atoms with Gasteiger partial charge in [-0.15, -0.1) is 0 Å². The van der Waals surface area contributed by atoms with Gasteiger partial charge in [0, 0.05) is 11.1 Å². The van der Waals surface area contributed by atoms with Crippen LogP contribution in [0.1, 0.15) is 63.5 Å². The number of imidazole rings is 1. The van der Waals surface area contributed by atoms with E-state index in [1.165, 1.54) is 16.8 Å². The normalized spacial score (nSPS) is 12.3. The Labute approximate surface area is 151 Å². The van der Waals surface area contributed by atoms with E-state index in [1.807, 2.05) is 6.20 Å². The maximum absolute atomic E-state index is 10.8. The highest BCUT2D eigenvalue weighted by atomic mass is 32.2. The van der Waals surface area contributed by atoms with Gasteiger partial charge in [-0.1, -0.05) is 45.9 Å². The number of aryl methyl sites for hydroxylation is 1. The first kappa shape index (κ1) is 19.7. The van der Waals surface area contributed by atoms with Crippen LogP contribution < -0.4 is 4.57 Å². The molecular weight excluding hydrogens is 336 g/mol. The minimum absolute atomic E-state index is 0.179. The van der Waals surface area contributed by atoms with Gasteiger partial charge in [-0.25, -0.2) is 9.13 Å². The Kier molecular flexibility index (Phi) is 6.41. The summed E-state index contributed by atoms with van der Waals surface area (Å²) in [6.45, 7) is 9.54. The number of hydrogen-bond donors (Lipinski definition) is 1. The number of benzene rings is 1. The molecule has 0 unspecified atom stereocenters. The molecule has 0 fully saturated rings. The van der Waals surface area contributed by atoms with Crippen LogP contribution in [0, 0.1) is 0 Å². The SMILES string of the molecule is CC(C)c1cccc(C(C)C)c1-n1cc[n+](CCCCS(=O)(=O)O)c1. The molecule has 0 radical (unpaired) electrons. The average molecular weight is 366 g/mol. The highest BCUT2D eigenvalue weighted by Gasteiger charge is 2.19. The molecule has 0 amide bonds. The van der Waals surface area contributed by atoms with Crippen LogP contribution >= 0.6 is 0 Å². The van der Waals surface area contributed by atoms with Crippen LogP contribution in [0.15, 0.2) is 36.9 Å². The molecule has 2 rings (SSSR count). The third kappa shape index (κ3) is 5.41. The van der Waals surface area contributed by atoms with E-state index in [9.17, 15) is 8.42 Å². The lowest BCUT2D eigenvalue weighted by molar-refractivity contribution is -0.696. The number of para-hydroxylation sites is 1. The second-order valence-corrected chi connectivity index (χ2v) is 8.72. The molecule has 0 spiro atoms. The first-order valence-electron chi connectivity index (χ1n) is 8.84. The van der Waals surface area contributed by atoms with Crippen LogP contribution in [0.4, 0.5) is 0 Å². The molecule has 0 aliphatic rings. The number of unbranched alkanes of at least 4 members (excludes halogenated alkanes) is 1. The Balaban J connectivity index is 2.21. The third-order valence-corrected chi connectivity index (χ3v) is 5.17. The summed E-state index contributed by atoms with van der Waals surface area (Å²) in [6, 6.07) is 6.49. The maximum atomic E-state index is 10.8. The van der Waals surface area contributed by atoms with Crippen molar-refractivity contribution in [1.29, 1.82) is 0 Å². The largest absolute Gasteiger partial charge is 0.286 e. The number of aromatic nitrogens is 2. The molecular formula is C19H29N2O3S+. The van der Waals surface area contributed by atoms with E-state index in [0.717, 1.165) is 6.54 Å². The molecule has 0 atom stereocenters. The second kappa shape index (κ2) is 8.15. The summed E-state index contributed by atoms with van der Waals surface area (Å²) in [5, 5.41) is 0. The molecule has 0 bridgehead atoms. The van der Waals surface area contributed by atoms with E-state index in [2.05, 4.69) is 67.6 Å². The van der Waals surface area contributed by atoms with Crippen molar-refractivity contribution in [1.82, 2.24) is 4.57 Å². The van der Waals surface area contributed by atoms with Crippen molar-refractivity contribution < 1.29 is 17.5 Å². The molecule has 6 heteroatoms. The predicted octanol–water partition coefficient (Wildman–Crippen LogP) is 3.68. The van der Waals surface area contributed by atoms with E-state index in [-0.39, 0.29) is 5.75 Å². The standard InChI is InChI=1S/C19H28N2O3S/c1-15(2)17-8-7-9-18(16(3)4)19(17)21-12-11-20(14-21)10-5-6-13-25(22,23)24/h7-9,11-12,14-16H,5-6,10,13H2,1-4H3/p+1. The summed E-state index contributed by atoms with van der Waals surface area (Å²) in [5.74, 6) is 0.681. The fourth-order valence-corrected chi connectivity index (χ4v) is 3.62. The maximum Gasteiger partial charge on any atom is 0.264 e. The third-order valence-electron chi connectivity index (χ3n) is 4.36. The van der Waals surface area contributed by atoms with Gasteiger partial charge in [0.25, 0.3) is 10.1 Å². The Morgan fingerprint density at radius 3 is 2.20 bits per heavy atom. The highest BCUT2D eigenvalue weighted by molar-refractivity contribution is 7.85. The fraction of sp³-hybridized carbons (Fsp3) is 0.526. The van der Waals surface area contributed by atoms with Crippen molar-refractivity contribution in [2.24, 2.45) is 0 Å². The van der Waals surface area contributed by atoms with Crippen molar-refractivity contribution in [3.8, 4) is 5.69 Å². The molecule has 1 aromatic heterocycles. The number of hydrogen-bond acceptors (Lipinski definition) is 2. The Morgan fingerprint density at radius 2 is 1.68 bits per heavy atom. The molecule has 0 aliphatic carbocycles. The number of nitrogens with zero attached hydrogens (tertiary/aromatic N) is 2. The minimum Gasteiger partial charge on any atom is -0.286 e. The molecule has 1 aromatic carbocycles. The first-order chi connectivity index (χ1) is 11.7. The van der Waals surface area contributed by atoms with Gasteiger partial charge >= 0.3 is 0 Å². The van der Waals surface area contributed by atoms with Crippen molar-refractivity contribution in [2.45, 2.75) is 58.9 Å². The number of rotatable bonds is 8. The zero-order chi connectivity index (χ0) is 18.6. The van der Waals surface area contributed by atoms with Crippen LogP contribution in [0.5, 0.6) is 0 Å². The monoisotopic (exact) mass is 365 g/mol.